The van der Waals surface area contributed by atoms with Crippen LogP contribution in [0.2, 0.25) is 0 Å². The topological polar surface area (TPSA) is 152 Å². The summed E-state index contributed by atoms with van der Waals surface area (Å²) in [6.45, 7) is 3.46. The number of esters is 2. The molecule has 1 rings (SSSR count). The Morgan fingerprint density at radius 2 is 0.839 bits per heavy atom. The third-order valence-corrected chi connectivity index (χ3v) is 11.2. The van der Waals surface area contributed by atoms with Gasteiger partial charge in [-0.1, -0.05) is 200 Å². The molecule has 0 spiro atoms. The Kier molecular flexibility index (Phi) is 35.7. The molecule has 1 aliphatic heterocycles. The third-order valence-electron chi connectivity index (χ3n) is 11.2. The molecule has 6 unspecified atom stereocenters. The van der Waals surface area contributed by atoms with E-state index in [9.17, 15) is 30.0 Å². The van der Waals surface area contributed by atoms with Gasteiger partial charge in [0.2, 0.25) is 0 Å². The highest BCUT2D eigenvalue weighted by Crippen LogP contribution is 2.23. The Bertz CT molecular complexity index is 886. The summed E-state index contributed by atoms with van der Waals surface area (Å²) in [6, 6.07) is 0. The first-order valence-electron chi connectivity index (χ1n) is 23.6. The lowest BCUT2D eigenvalue weighted by Crippen LogP contribution is -2.59. The maximum atomic E-state index is 12.8. The van der Waals surface area contributed by atoms with E-state index in [1.165, 1.54) is 154 Å². The van der Waals surface area contributed by atoms with Gasteiger partial charge in [0, 0.05) is 12.8 Å². The number of aliphatic hydroxyl groups excluding tert-OH is 4. The minimum atomic E-state index is -1.59. The number of rotatable bonds is 40. The molecule has 0 amide bonds. The molecular weight excluding hydrogens is 712 g/mol. The quantitative estimate of drug-likeness (QED) is 0.0348. The molecule has 6 atom stereocenters. The molecule has 0 bridgehead atoms. The molecule has 1 saturated heterocycles. The van der Waals surface area contributed by atoms with Gasteiger partial charge in [-0.2, -0.15) is 0 Å². The molecule has 1 fully saturated rings. The molecule has 0 aromatic rings. The number of ether oxygens (including phenoxy) is 4. The molecule has 10 nitrogen and oxygen atoms in total. The van der Waals surface area contributed by atoms with Crippen LogP contribution in [0.25, 0.3) is 0 Å². The lowest BCUT2D eigenvalue weighted by Gasteiger charge is -2.39. The van der Waals surface area contributed by atoms with Crippen molar-refractivity contribution in [1.29, 1.82) is 0 Å². The Hall–Kier alpha value is -1.30. The highest BCUT2D eigenvalue weighted by molar-refractivity contribution is 5.70. The molecule has 332 valence electrons. The Morgan fingerprint density at radius 1 is 0.482 bits per heavy atom. The van der Waals surface area contributed by atoms with Crippen LogP contribution in [0.15, 0.2) is 0 Å². The van der Waals surface area contributed by atoms with E-state index < -0.39 is 49.4 Å². The van der Waals surface area contributed by atoms with Gasteiger partial charge in [0.25, 0.3) is 0 Å². The van der Waals surface area contributed by atoms with E-state index in [1.54, 1.807) is 0 Å². The van der Waals surface area contributed by atoms with Gasteiger partial charge >= 0.3 is 11.9 Å². The summed E-state index contributed by atoms with van der Waals surface area (Å²) < 4.78 is 22.2. The van der Waals surface area contributed by atoms with Crippen LogP contribution in [-0.2, 0) is 28.5 Å². The van der Waals surface area contributed by atoms with Crippen LogP contribution in [-0.4, -0.2) is 89.0 Å². The average molecular weight is 801 g/mol. The van der Waals surface area contributed by atoms with Crippen LogP contribution < -0.4 is 0 Å². The number of hydrogen-bond acceptors (Lipinski definition) is 10. The first-order valence-corrected chi connectivity index (χ1v) is 23.6. The predicted octanol–water partition coefficient (Wildman–Crippen LogP) is 10.2. The van der Waals surface area contributed by atoms with Crippen molar-refractivity contribution < 1.29 is 49.0 Å². The second-order valence-electron chi connectivity index (χ2n) is 16.6. The molecule has 0 saturated carbocycles. The lowest BCUT2D eigenvalue weighted by molar-refractivity contribution is -0.305. The fourth-order valence-corrected chi connectivity index (χ4v) is 7.48. The number of aliphatic hydroxyl groups is 4. The maximum Gasteiger partial charge on any atom is 0.306 e. The monoisotopic (exact) mass is 801 g/mol. The van der Waals surface area contributed by atoms with E-state index in [-0.39, 0.29) is 32.0 Å². The van der Waals surface area contributed by atoms with Gasteiger partial charge in [-0.15, -0.1) is 0 Å². The number of carbonyl (C=O) groups is 2. The van der Waals surface area contributed by atoms with Crippen LogP contribution in [0.5, 0.6) is 0 Å². The van der Waals surface area contributed by atoms with E-state index in [4.69, 9.17) is 18.9 Å². The van der Waals surface area contributed by atoms with E-state index in [1.807, 2.05) is 0 Å². The zero-order valence-corrected chi connectivity index (χ0v) is 36.2. The second kappa shape index (κ2) is 37.9. The molecule has 0 aromatic heterocycles. The van der Waals surface area contributed by atoms with Gasteiger partial charge in [0.05, 0.1) is 13.2 Å². The van der Waals surface area contributed by atoms with Crippen molar-refractivity contribution in [2.45, 2.75) is 263 Å². The number of unbranched alkanes of at least 4 members (excludes halogenated alkanes) is 29. The Labute approximate surface area is 342 Å². The van der Waals surface area contributed by atoms with E-state index in [2.05, 4.69) is 13.8 Å². The van der Waals surface area contributed by atoms with Crippen molar-refractivity contribution in [3.05, 3.63) is 0 Å². The molecule has 0 aromatic carbocycles. The summed E-state index contributed by atoms with van der Waals surface area (Å²) >= 11 is 0. The van der Waals surface area contributed by atoms with E-state index in [0.29, 0.717) is 6.42 Å². The fraction of sp³-hybridized carbons (Fsp3) is 0.957. The van der Waals surface area contributed by atoms with Crippen molar-refractivity contribution in [3.8, 4) is 0 Å². The standard InChI is InChI=1S/C46H88O10/c1-3-5-7-9-11-13-15-17-18-19-20-21-23-25-27-29-31-33-35-42(49)55-39(38-54-46-45(52)44(51)43(50)40(36-47)56-46)37-53-41(48)34-32-30-28-26-24-22-16-14-12-10-8-6-4-2/h39-40,43-47,50-52H,3-38H2,1-2H3. The van der Waals surface area contributed by atoms with Gasteiger partial charge in [0.15, 0.2) is 12.4 Å². The van der Waals surface area contributed by atoms with Gasteiger partial charge in [-0.3, -0.25) is 9.59 Å². The van der Waals surface area contributed by atoms with Gasteiger partial charge in [-0.25, -0.2) is 0 Å². The van der Waals surface area contributed by atoms with Crippen molar-refractivity contribution >= 4 is 11.9 Å². The van der Waals surface area contributed by atoms with Gasteiger partial charge < -0.3 is 39.4 Å². The molecule has 0 radical (unpaired) electrons. The smallest absolute Gasteiger partial charge is 0.306 e. The first-order chi connectivity index (χ1) is 27.3. The minimum absolute atomic E-state index is 0.209. The summed E-state index contributed by atoms with van der Waals surface area (Å²) in [5.74, 6) is -0.790. The molecule has 1 aliphatic rings. The summed E-state index contributed by atoms with van der Waals surface area (Å²) in [6.07, 6.45) is 31.1. The highest BCUT2D eigenvalue weighted by atomic mass is 16.7. The molecule has 1 heterocycles. The zero-order chi connectivity index (χ0) is 40.9. The van der Waals surface area contributed by atoms with Crippen molar-refractivity contribution in [3.63, 3.8) is 0 Å². The van der Waals surface area contributed by atoms with Gasteiger partial charge in [0.1, 0.15) is 31.0 Å². The molecule has 56 heavy (non-hydrogen) atoms. The van der Waals surface area contributed by atoms with Crippen LogP contribution in [0, 0.1) is 0 Å². The second-order valence-corrected chi connectivity index (χ2v) is 16.6. The van der Waals surface area contributed by atoms with Gasteiger partial charge in [-0.05, 0) is 12.8 Å². The van der Waals surface area contributed by atoms with Crippen molar-refractivity contribution in [1.82, 2.24) is 0 Å². The largest absolute Gasteiger partial charge is 0.462 e. The predicted molar refractivity (Wildman–Crippen MR) is 224 cm³/mol. The van der Waals surface area contributed by atoms with Crippen LogP contribution in [0.4, 0.5) is 0 Å². The highest BCUT2D eigenvalue weighted by Gasteiger charge is 2.44. The maximum absolute atomic E-state index is 12.8. The Balaban J connectivity index is 2.28. The molecule has 4 N–H and O–H groups in total. The SMILES string of the molecule is CCCCCCCCCCCCCCCCCCCCC(=O)OC(COC(=O)CCCCCCCCCCCCCCC)COC1OC(CO)C(O)C(O)C1O. The average Bonchev–Trinajstić information content (AvgIpc) is 3.19. The van der Waals surface area contributed by atoms with Crippen molar-refractivity contribution in [2.75, 3.05) is 19.8 Å². The third kappa shape index (κ3) is 29.0. The lowest BCUT2D eigenvalue weighted by atomic mass is 9.99. The van der Waals surface area contributed by atoms with E-state index >= 15 is 0 Å². The summed E-state index contributed by atoms with van der Waals surface area (Å²) in [5.41, 5.74) is 0. The van der Waals surface area contributed by atoms with E-state index in [0.717, 1.165) is 38.5 Å². The molecule has 10 heteroatoms. The van der Waals surface area contributed by atoms with Crippen LogP contribution in [0.3, 0.4) is 0 Å². The summed E-state index contributed by atoms with van der Waals surface area (Å²) in [7, 11) is 0. The molecular formula is C46H88O10. The minimum Gasteiger partial charge on any atom is -0.462 e. The first kappa shape index (κ1) is 52.7. The fourth-order valence-electron chi connectivity index (χ4n) is 7.48. The van der Waals surface area contributed by atoms with Crippen LogP contribution >= 0.6 is 0 Å². The zero-order valence-electron chi connectivity index (χ0n) is 36.2. The number of hydrogen-bond donors (Lipinski definition) is 4. The Morgan fingerprint density at radius 3 is 1.21 bits per heavy atom. The van der Waals surface area contributed by atoms with Crippen molar-refractivity contribution in [2.24, 2.45) is 0 Å². The number of carbonyl (C=O) groups excluding carboxylic acids is 2. The van der Waals surface area contributed by atoms with Crippen LogP contribution in [0.1, 0.15) is 226 Å². The summed E-state index contributed by atoms with van der Waals surface area (Å²) in [4.78, 5) is 25.3. The normalized spacial score (nSPS) is 20.3. The molecule has 0 aliphatic carbocycles. The summed E-state index contributed by atoms with van der Waals surface area (Å²) in [5, 5.41) is 40.1.